The Morgan fingerprint density at radius 2 is 1.83 bits per heavy atom. The molecular formula is C15H15BrClN. The minimum Gasteiger partial charge on any atom is -0.380 e. The first kappa shape index (κ1) is 13.4. The predicted molar refractivity (Wildman–Crippen MR) is 82.3 cm³/mol. The van der Waals surface area contributed by atoms with E-state index in [1.165, 1.54) is 11.1 Å². The van der Waals surface area contributed by atoms with E-state index in [1.54, 1.807) is 0 Å². The smallest absolute Gasteiger partial charge is 0.0488 e. The Morgan fingerprint density at radius 1 is 1.11 bits per heavy atom. The van der Waals surface area contributed by atoms with Gasteiger partial charge in [0.2, 0.25) is 0 Å². The molecule has 0 spiro atoms. The van der Waals surface area contributed by atoms with Gasteiger partial charge in [0.05, 0.1) is 0 Å². The van der Waals surface area contributed by atoms with Crippen LogP contribution in [0.5, 0.6) is 0 Å². The minimum atomic E-state index is 0.737. The Labute approximate surface area is 121 Å². The van der Waals surface area contributed by atoms with Crippen LogP contribution in [0.15, 0.2) is 46.9 Å². The second kappa shape index (κ2) is 6.26. The van der Waals surface area contributed by atoms with E-state index in [1.807, 2.05) is 18.2 Å². The number of nitrogens with one attached hydrogen (secondary N) is 1. The van der Waals surface area contributed by atoms with Gasteiger partial charge in [0, 0.05) is 21.7 Å². The molecule has 2 aromatic carbocycles. The molecule has 0 saturated carbocycles. The number of rotatable bonds is 4. The van der Waals surface area contributed by atoms with Crippen molar-refractivity contribution in [3.05, 3.63) is 63.1 Å². The van der Waals surface area contributed by atoms with Crippen LogP contribution in [0.2, 0.25) is 5.02 Å². The second-order valence-corrected chi connectivity index (χ2v) is 5.39. The van der Waals surface area contributed by atoms with Crippen LogP contribution in [0.4, 0.5) is 5.69 Å². The minimum absolute atomic E-state index is 0.737. The van der Waals surface area contributed by atoms with Crippen molar-refractivity contribution in [1.29, 1.82) is 0 Å². The van der Waals surface area contributed by atoms with Crippen molar-refractivity contribution in [2.24, 2.45) is 0 Å². The number of benzene rings is 2. The highest BCUT2D eigenvalue weighted by atomic mass is 79.9. The average molecular weight is 325 g/mol. The van der Waals surface area contributed by atoms with Gasteiger partial charge >= 0.3 is 0 Å². The van der Waals surface area contributed by atoms with Crippen LogP contribution in [0.25, 0.3) is 0 Å². The lowest BCUT2D eigenvalue weighted by molar-refractivity contribution is 1.04. The summed E-state index contributed by atoms with van der Waals surface area (Å²) in [5.41, 5.74) is 3.78. The summed E-state index contributed by atoms with van der Waals surface area (Å²) in [7, 11) is 0. The molecule has 0 aromatic heterocycles. The van der Waals surface area contributed by atoms with Crippen LogP contribution in [0.1, 0.15) is 18.1 Å². The van der Waals surface area contributed by atoms with Gasteiger partial charge in [-0.1, -0.05) is 42.8 Å². The molecule has 0 atom stereocenters. The van der Waals surface area contributed by atoms with E-state index in [9.17, 15) is 0 Å². The highest BCUT2D eigenvalue weighted by Gasteiger charge is 2.02. The van der Waals surface area contributed by atoms with Crippen molar-refractivity contribution in [3.63, 3.8) is 0 Å². The maximum absolute atomic E-state index is 5.92. The second-order valence-electron chi connectivity index (χ2n) is 4.10. The third kappa shape index (κ3) is 3.27. The van der Waals surface area contributed by atoms with Gasteiger partial charge in [0.15, 0.2) is 0 Å². The molecular weight excluding hydrogens is 310 g/mol. The molecule has 0 bridgehead atoms. The molecule has 0 fully saturated rings. The molecule has 2 aromatic rings. The third-order valence-corrected chi connectivity index (χ3v) is 3.79. The Bertz CT molecular complexity index is 540. The molecule has 0 saturated heterocycles. The largest absolute Gasteiger partial charge is 0.380 e. The number of hydrogen-bond donors (Lipinski definition) is 1. The quantitative estimate of drug-likeness (QED) is 0.807. The number of aryl methyl sites for hydroxylation is 1. The zero-order chi connectivity index (χ0) is 13.0. The maximum atomic E-state index is 5.92. The lowest BCUT2D eigenvalue weighted by atomic mass is 10.1. The normalized spacial score (nSPS) is 10.4. The first-order valence-corrected chi connectivity index (χ1v) is 7.13. The lowest BCUT2D eigenvalue weighted by Gasteiger charge is -2.11. The van der Waals surface area contributed by atoms with Gasteiger partial charge < -0.3 is 5.32 Å². The van der Waals surface area contributed by atoms with Gasteiger partial charge in [-0.2, -0.15) is 0 Å². The summed E-state index contributed by atoms with van der Waals surface area (Å²) in [4.78, 5) is 0. The molecule has 2 rings (SSSR count). The van der Waals surface area contributed by atoms with Crippen LogP contribution in [0.3, 0.4) is 0 Å². The maximum Gasteiger partial charge on any atom is 0.0488 e. The summed E-state index contributed by atoms with van der Waals surface area (Å²) >= 11 is 9.43. The van der Waals surface area contributed by atoms with Crippen LogP contribution in [-0.2, 0) is 13.0 Å². The van der Waals surface area contributed by atoms with E-state index < -0.39 is 0 Å². The number of hydrogen-bond acceptors (Lipinski definition) is 1. The van der Waals surface area contributed by atoms with Crippen molar-refractivity contribution in [1.82, 2.24) is 0 Å². The molecule has 94 valence electrons. The average Bonchev–Trinajstić information content (AvgIpc) is 2.38. The Hall–Kier alpha value is -0.990. The Kier molecular flexibility index (Phi) is 4.67. The summed E-state index contributed by atoms with van der Waals surface area (Å²) < 4.78 is 0.990. The van der Waals surface area contributed by atoms with Gasteiger partial charge in [0.25, 0.3) is 0 Å². The summed E-state index contributed by atoms with van der Waals surface area (Å²) in [5, 5.41) is 4.16. The molecule has 0 aliphatic heterocycles. The molecule has 0 aliphatic rings. The van der Waals surface area contributed by atoms with Crippen LogP contribution in [0, 0.1) is 0 Å². The lowest BCUT2D eigenvalue weighted by Crippen LogP contribution is -2.02. The van der Waals surface area contributed by atoms with E-state index in [0.29, 0.717) is 0 Å². The molecule has 0 unspecified atom stereocenters. The Balaban J connectivity index is 2.11. The zero-order valence-electron chi connectivity index (χ0n) is 10.2. The van der Waals surface area contributed by atoms with E-state index >= 15 is 0 Å². The molecule has 0 radical (unpaired) electrons. The van der Waals surface area contributed by atoms with Gasteiger partial charge in [-0.05, 0) is 51.7 Å². The molecule has 0 amide bonds. The molecule has 0 heterocycles. The Morgan fingerprint density at radius 3 is 2.50 bits per heavy atom. The van der Waals surface area contributed by atoms with Crippen molar-refractivity contribution >= 4 is 33.2 Å². The summed E-state index contributed by atoms with van der Waals surface area (Å²) in [6.07, 6.45) is 1.06. The molecule has 3 heteroatoms. The summed E-state index contributed by atoms with van der Waals surface area (Å²) in [5.74, 6) is 0. The summed E-state index contributed by atoms with van der Waals surface area (Å²) in [6.45, 7) is 3.00. The van der Waals surface area contributed by atoms with Crippen molar-refractivity contribution < 1.29 is 0 Å². The number of halogens is 2. The van der Waals surface area contributed by atoms with Gasteiger partial charge in [-0.25, -0.2) is 0 Å². The highest BCUT2D eigenvalue weighted by Crippen LogP contribution is 2.26. The SMILES string of the molecule is CCc1ccccc1CNc1ccc(Cl)cc1Br. The van der Waals surface area contributed by atoms with E-state index in [2.05, 4.69) is 52.4 Å². The standard InChI is InChI=1S/C15H15BrClN/c1-2-11-5-3-4-6-12(11)10-18-15-8-7-13(17)9-14(15)16/h3-9,18H,2,10H2,1H3. The summed E-state index contributed by atoms with van der Waals surface area (Å²) in [6, 6.07) is 14.3. The predicted octanol–water partition coefficient (Wildman–Crippen LogP) is 5.28. The van der Waals surface area contributed by atoms with Crippen LogP contribution in [-0.4, -0.2) is 0 Å². The van der Waals surface area contributed by atoms with Gasteiger partial charge in [0.1, 0.15) is 0 Å². The molecule has 1 nitrogen and oxygen atoms in total. The fourth-order valence-electron chi connectivity index (χ4n) is 1.90. The van der Waals surface area contributed by atoms with Gasteiger partial charge in [-0.15, -0.1) is 0 Å². The highest BCUT2D eigenvalue weighted by molar-refractivity contribution is 9.10. The van der Waals surface area contributed by atoms with E-state index in [0.717, 1.165) is 28.1 Å². The monoisotopic (exact) mass is 323 g/mol. The first-order chi connectivity index (χ1) is 8.70. The van der Waals surface area contributed by atoms with Crippen molar-refractivity contribution in [3.8, 4) is 0 Å². The fourth-order valence-corrected chi connectivity index (χ4v) is 2.72. The molecule has 1 N–H and O–H groups in total. The number of anilines is 1. The topological polar surface area (TPSA) is 12.0 Å². The van der Waals surface area contributed by atoms with E-state index in [4.69, 9.17) is 11.6 Å². The zero-order valence-corrected chi connectivity index (χ0v) is 12.6. The molecule has 0 aliphatic carbocycles. The third-order valence-electron chi connectivity index (χ3n) is 2.90. The van der Waals surface area contributed by atoms with Gasteiger partial charge in [-0.3, -0.25) is 0 Å². The van der Waals surface area contributed by atoms with Crippen molar-refractivity contribution in [2.75, 3.05) is 5.32 Å². The first-order valence-electron chi connectivity index (χ1n) is 5.96. The van der Waals surface area contributed by atoms with Crippen molar-refractivity contribution in [2.45, 2.75) is 19.9 Å². The van der Waals surface area contributed by atoms with Crippen LogP contribution >= 0.6 is 27.5 Å². The van der Waals surface area contributed by atoms with E-state index in [-0.39, 0.29) is 0 Å². The molecule has 18 heavy (non-hydrogen) atoms. The van der Waals surface area contributed by atoms with Crippen LogP contribution < -0.4 is 5.32 Å². The fraction of sp³-hybridized carbons (Fsp3) is 0.200.